The van der Waals surface area contributed by atoms with Crippen molar-refractivity contribution in [3.05, 3.63) is 0 Å². The maximum atomic E-state index is 11.5. The van der Waals surface area contributed by atoms with E-state index in [0.29, 0.717) is 6.42 Å². The Labute approximate surface area is 83.8 Å². The van der Waals surface area contributed by atoms with Crippen molar-refractivity contribution in [2.24, 2.45) is 5.41 Å². The van der Waals surface area contributed by atoms with Gasteiger partial charge in [-0.3, -0.25) is 4.79 Å². The van der Waals surface area contributed by atoms with Crippen LogP contribution in [0.1, 0.15) is 20.3 Å². The average molecular weight is 221 g/mol. The van der Waals surface area contributed by atoms with Crippen molar-refractivity contribution in [1.29, 1.82) is 0 Å². The van der Waals surface area contributed by atoms with Gasteiger partial charge in [-0.1, -0.05) is 6.92 Å². The first kappa shape index (κ1) is 11.5. The van der Waals surface area contributed by atoms with E-state index in [1.807, 2.05) is 0 Å². The van der Waals surface area contributed by atoms with Crippen molar-refractivity contribution in [3.63, 3.8) is 0 Å². The second kappa shape index (κ2) is 3.51. The van der Waals surface area contributed by atoms with Gasteiger partial charge in [0, 0.05) is 13.1 Å². The minimum absolute atomic E-state index is 0.0999. The Morgan fingerprint density at radius 1 is 1.50 bits per heavy atom. The first-order valence-corrected chi connectivity index (χ1v) is 6.14. The van der Waals surface area contributed by atoms with Crippen LogP contribution in [0.15, 0.2) is 0 Å². The molecule has 0 bridgehead atoms. The van der Waals surface area contributed by atoms with Crippen LogP contribution in [0, 0.1) is 5.41 Å². The van der Waals surface area contributed by atoms with Crippen molar-refractivity contribution < 1.29 is 18.3 Å². The number of carbonyl (C=O) groups is 1. The molecule has 1 heterocycles. The monoisotopic (exact) mass is 221 g/mol. The van der Waals surface area contributed by atoms with E-state index in [0.717, 1.165) is 0 Å². The molecular weight excluding hydrogens is 206 g/mol. The maximum absolute atomic E-state index is 11.5. The zero-order valence-corrected chi connectivity index (χ0v) is 9.17. The topological polar surface area (TPSA) is 74.7 Å². The number of sulfonamides is 1. The van der Waals surface area contributed by atoms with Gasteiger partial charge in [0.15, 0.2) is 0 Å². The Morgan fingerprint density at radius 3 is 2.36 bits per heavy atom. The predicted molar refractivity (Wildman–Crippen MR) is 51.4 cm³/mol. The number of hydrogen-bond acceptors (Lipinski definition) is 3. The zero-order valence-electron chi connectivity index (χ0n) is 8.36. The molecule has 82 valence electrons. The molecular formula is C8H15NO4S. The normalized spacial score (nSPS) is 21.6. The molecule has 1 rings (SSSR count). The van der Waals surface area contributed by atoms with E-state index < -0.39 is 21.4 Å². The van der Waals surface area contributed by atoms with Crippen LogP contribution in [-0.2, 0) is 14.8 Å². The summed E-state index contributed by atoms with van der Waals surface area (Å²) in [6, 6.07) is 0. The van der Waals surface area contributed by atoms with E-state index >= 15 is 0 Å². The van der Waals surface area contributed by atoms with Crippen molar-refractivity contribution in [1.82, 2.24) is 4.31 Å². The number of carboxylic acids is 1. The van der Waals surface area contributed by atoms with Gasteiger partial charge in [-0.2, -0.15) is 4.31 Å². The Bertz CT molecular complexity index is 329. The summed E-state index contributed by atoms with van der Waals surface area (Å²) in [4.78, 5) is 10.7. The summed E-state index contributed by atoms with van der Waals surface area (Å²) in [7, 11) is -3.21. The molecule has 6 heteroatoms. The molecule has 0 spiro atoms. The van der Waals surface area contributed by atoms with E-state index in [9.17, 15) is 13.2 Å². The van der Waals surface area contributed by atoms with Crippen LogP contribution in [0.4, 0.5) is 0 Å². The molecule has 5 nitrogen and oxygen atoms in total. The van der Waals surface area contributed by atoms with Gasteiger partial charge in [0.25, 0.3) is 0 Å². The summed E-state index contributed by atoms with van der Waals surface area (Å²) >= 11 is 0. The fraction of sp³-hybridized carbons (Fsp3) is 0.875. The van der Waals surface area contributed by atoms with Gasteiger partial charge in [-0.25, -0.2) is 8.42 Å². The molecule has 1 saturated heterocycles. The lowest BCUT2D eigenvalue weighted by molar-refractivity contribution is -0.154. The van der Waals surface area contributed by atoms with Gasteiger partial charge in [-0.05, 0) is 13.3 Å². The third kappa shape index (κ3) is 1.90. The number of rotatable bonds is 4. The Hall–Kier alpha value is -0.620. The van der Waals surface area contributed by atoms with Crippen LogP contribution >= 0.6 is 0 Å². The van der Waals surface area contributed by atoms with Crippen LogP contribution in [0.5, 0.6) is 0 Å². The first-order chi connectivity index (χ1) is 6.32. The van der Waals surface area contributed by atoms with Crippen molar-refractivity contribution in [2.45, 2.75) is 20.3 Å². The van der Waals surface area contributed by atoms with Crippen LogP contribution in [0.3, 0.4) is 0 Å². The first-order valence-electron chi connectivity index (χ1n) is 4.53. The lowest BCUT2D eigenvalue weighted by Gasteiger charge is -2.43. The lowest BCUT2D eigenvalue weighted by Crippen LogP contribution is -2.60. The molecule has 1 aliphatic heterocycles. The molecule has 0 saturated carbocycles. The molecule has 14 heavy (non-hydrogen) atoms. The number of nitrogens with zero attached hydrogens (tertiary/aromatic N) is 1. The van der Waals surface area contributed by atoms with Gasteiger partial charge in [0.05, 0.1) is 11.2 Å². The highest BCUT2D eigenvalue weighted by atomic mass is 32.2. The van der Waals surface area contributed by atoms with Crippen LogP contribution in [-0.4, -0.2) is 42.6 Å². The highest BCUT2D eigenvalue weighted by molar-refractivity contribution is 7.89. The second-order valence-electron chi connectivity index (χ2n) is 3.95. The van der Waals surface area contributed by atoms with Crippen molar-refractivity contribution in [2.75, 3.05) is 18.8 Å². The molecule has 1 fully saturated rings. The molecule has 0 aliphatic carbocycles. The third-order valence-corrected chi connectivity index (χ3v) is 4.39. The number of aliphatic carboxylic acids is 1. The highest BCUT2D eigenvalue weighted by Gasteiger charge is 2.49. The van der Waals surface area contributed by atoms with Crippen LogP contribution in [0.2, 0.25) is 0 Å². The van der Waals surface area contributed by atoms with Gasteiger partial charge >= 0.3 is 5.97 Å². The van der Waals surface area contributed by atoms with Gasteiger partial charge in [0.2, 0.25) is 10.0 Å². The fourth-order valence-electron chi connectivity index (χ4n) is 1.45. The molecule has 0 aromatic heterocycles. The van der Waals surface area contributed by atoms with E-state index in [1.165, 1.54) is 4.31 Å². The van der Waals surface area contributed by atoms with Gasteiger partial charge in [-0.15, -0.1) is 0 Å². The van der Waals surface area contributed by atoms with Gasteiger partial charge in [0.1, 0.15) is 0 Å². The lowest BCUT2D eigenvalue weighted by atomic mass is 9.84. The molecule has 1 N–H and O–H groups in total. The quantitative estimate of drug-likeness (QED) is 0.732. The average Bonchev–Trinajstić information content (AvgIpc) is 1.97. The third-order valence-electron chi connectivity index (χ3n) is 2.42. The summed E-state index contributed by atoms with van der Waals surface area (Å²) in [5.41, 5.74) is -0.888. The standard InChI is InChI=1S/C8H15NO4S/c1-3-4-14(12,13)9-5-8(2,6-9)7(10)11/h3-6H2,1-2H3,(H,10,11). The van der Waals surface area contributed by atoms with Crippen LogP contribution in [0.25, 0.3) is 0 Å². The molecule has 0 atom stereocenters. The zero-order chi connectivity index (χ0) is 11.0. The molecule has 0 aromatic carbocycles. The summed E-state index contributed by atoms with van der Waals surface area (Å²) in [5.74, 6) is -0.830. The molecule has 0 amide bonds. The highest BCUT2D eigenvalue weighted by Crippen LogP contribution is 2.32. The minimum atomic E-state index is -3.21. The SMILES string of the molecule is CCCS(=O)(=O)N1CC(C)(C(=O)O)C1. The summed E-state index contributed by atoms with van der Waals surface area (Å²) in [6.07, 6.45) is 0.558. The summed E-state index contributed by atoms with van der Waals surface area (Å²) in [6.45, 7) is 3.55. The fourth-order valence-corrected chi connectivity index (χ4v) is 3.19. The minimum Gasteiger partial charge on any atom is -0.481 e. The van der Waals surface area contributed by atoms with E-state index in [-0.39, 0.29) is 18.8 Å². The van der Waals surface area contributed by atoms with Crippen LogP contribution < -0.4 is 0 Å². The Kier molecular flexibility index (Phi) is 2.87. The summed E-state index contributed by atoms with van der Waals surface area (Å²) in [5, 5.41) is 8.78. The largest absolute Gasteiger partial charge is 0.481 e. The molecule has 0 aromatic rings. The van der Waals surface area contributed by atoms with E-state index in [1.54, 1.807) is 13.8 Å². The summed E-state index contributed by atoms with van der Waals surface area (Å²) < 4.78 is 24.2. The van der Waals surface area contributed by atoms with E-state index in [2.05, 4.69) is 0 Å². The Morgan fingerprint density at radius 2 is 2.00 bits per heavy atom. The predicted octanol–water partition coefficient (Wildman–Crippen LogP) is 0.133. The molecule has 0 radical (unpaired) electrons. The number of carboxylic acid groups (broad SMARTS) is 1. The van der Waals surface area contributed by atoms with Crippen molar-refractivity contribution >= 4 is 16.0 Å². The smallest absolute Gasteiger partial charge is 0.312 e. The number of hydrogen-bond donors (Lipinski definition) is 1. The Balaban J connectivity index is 2.61. The second-order valence-corrected chi connectivity index (χ2v) is 6.04. The molecule has 1 aliphatic rings. The van der Waals surface area contributed by atoms with Gasteiger partial charge < -0.3 is 5.11 Å². The molecule has 0 unspecified atom stereocenters. The van der Waals surface area contributed by atoms with E-state index in [4.69, 9.17) is 5.11 Å². The maximum Gasteiger partial charge on any atom is 0.312 e. The van der Waals surface area contributed by atoms with Crippen molar-refractivity contribution in [3.8, 4) is 0 Å².